The fourth-order valence-electron chi connectivity index (χ4n) is 2.81. The van der Waals surface area contributed by atoms with Crippen molar-refractivity contribution in [1.29, 1.82) is 0 Å². The van der Waals surface area contributed by atoms with Crippen LogP contribution in [0, 0.1) is 5.41 Å². The molecule has 0 bridgehead atoms. The minimum atomic E-state index is -0.277. The summed E-state index contributed by atoms with van der Waals surface area (Å²) in [6, 6.07) is 11.6. The van der Waals surface area contributed by atoms with E-state index in [2.05, 4.69) is 0 Å². The van der Waals surface area contributed by atoms with Crippen LogP contribution < -0.4 is 4.74 Å². The minimum absolute atomic E-state index is 0.197. The van der Waals surface area contributed by atoms with E-state index >= 15 is 0 Å². The Kier molecular flexibility index (Phi) is 3.28. The number of fused-ring (bicyclic) bond motifs is 1. The van der Waals surface area contributed by atoms with Gasteiger partial charge in [0.05, 0.1) is 18.5 Å². The Morgan fingerprint density at radius 2 is 1.86 bits per heavy atom. The minimum Gasteiger partial charge on any atom is -0.496 e. The lowest BCUT2D eigenvalue weighted by Gasteiger charge is -2.29. The van der Waals surface area contributed by atoms with Crippen LogP contribution in [-0.2, 0) is 6.42 Å². The van der Waals surface area contributed by atoms with Gasteiger partial charge in [-0.1, -0.05) is 26.0 Å². The zero-order valence-electron chi connectivity index (χ0n) is 12.6. The quantitative estimate of drug-likeness (QED) is 0.837. The van der Waals surface area contributed by atoms with E-state index in [1.54, 1.807) is 7.11 Å². The van der Waals surface area contributed by atoms with Crippen molar-refractivity contribution in [2.45, 2.75) is 26.7 Å². The highest BCUT2D eigenvalue weighted by molar-refractivity contribution is 6.02. The van der Waals surface area contributed by atoms with Crippen LogP contribution in [0.3, 0.4) is 0 Å². The molecule has 0 amide bonds. The Labute approximate surface area is 125 Å². The van der Waals surface area contributed by atoms with Gasteiger partial charge in [0.15, 0.2) is 5.78 Å². The molecular formula is C18H19NO2. The maximum absolute atomic E-state index is 12.4. The van der Waals surface area contributed by atoms with E-state index in [0.717, 1.165) is 41.1 Å². The molecule has 0 fully saturated rings. The van der Waals surface area contributed by atoms with Crippen LogP contribution in [-0.4, -0.2) is 17.9 Å². The van der Waals surface area contributed by atoms with Crippen LogP contribution >= 0.6 is 0 Å². The molecule has 3 rings (SSSR count). The Morgan fingerprint density at radius 3 is 2.62 bits per heavy atom. The van der Waals surface area contributed by atoms with E-state index in [1.807, 2.05) is 50.2 Å². The second-order valence-corrected chi connectivity index (χ2v) is 6.10. The van der Waals surface area contributed by atoms with Crippen molar-refractivity contribution in [2.24, 2.45) is 5.41 Å². The Balaban J connectivity index is 2.07. The highest BCUT2D eigenvalue weighted by atomic mass is 16.5. The first kappa shape index (κ1) is 13.8. The van der Waals surface area contributed by atoms with Crippen molar-refractivity contribution in [3.8, 4) is 17.0 Å². The molecule has 3 nitrogen and oxygen atoms in total. The third-order valence-corrected chi connectivity index (χ3v) is 4.20. The molecule has 2 aromatic rings. The molecule has 0 saturated carbocycles. The lowest BCUT2D eigenvalue weighted by Crippen LogP contribution is -2.31. The van der Waals surface area contributed by atoms with Gasteiger partial charge in [-0.2, -0.15) is 0 Å². The van der Waals surface area contributed by atoms with Crippen molar-refractivity contribution >= 4 is 5.78 Å². The molecule has 0 radical (unpaired) electrons. The number of hydrogen-bond donors (Lipinski definition) is 0. The Bertz CT molecular complexity index is 704. The van der Waals surface area contributed by atoms with Gasteiger partial charge in [-0.05, 0) is 37.1 Å². The van der Waals surface area contributed by atoms with Gasteiger partial charge in [-0.15, -0.1) is 0 Å². The van der Waals surface area contributed by atoms with E-state index < -0.39 is 0 Å². The molecule has 1 aliphatic rings. The Hall–Kier alpha value is -2.16. The molecule has 21 heavy (non-hydrogen) atoms. The van der Waals surface area contributed by atoms with Gasteiger partial charge in [-0.25, -0.2) is 0 Å². The number of ether oxygens (including phenoxy) is 1. The first-order chi connectivity index (χ1) is 10.0. The van der Waals surface area contributed by atoms with Crippen LogP contribution in [0.25, 0.3) is 11.3 Å². The van der Waals surface area contributed by atoms with Crippen molar-refractivity contribution in [1.82, 2.24) is 4.98 Å². The number of nitrogens with zero attached hydrogens (tertiary/aromatic N) is 1. The highest BCUT2D eigenvalue weighted by Gasteiger charge is 2.34. The predicted molar refractivity (Wildman–Crippen MR) is 82.7 cm³/mol. The summed E-state index contributed by atoms with van der Waals surface area (Å²) in [5, 5.41) is 0. The average molecular weight is 281 g/mol. The lowest BCUT2D eigenvalue weighted by molar-refractivity contribution is 0.0809. The molecule has 0 saturated heterocycles. The maximum atomic E-state index is 12.4. The SMILES string of the molecule is COc1ccccc1-c1ccc2c(n1)CCC(C)(C)C2=O. The molecule has 0 N–H and O–H groups in total. The summed E-state index contributed by atoms with van der Waals surface area (Å²) in [4.78, 5) is 17.2. The summed E-state index contributed by atoms with van der Waals surface area (Å²) in [6.45, 7) is 4.01. The fourth-order valence-corrected chi connectivity index (χ4v) is 2.81. The van der Waals surface area contributed by atoms with Gasteiger partial charge in [0.2, 0.25) is 0 Å². The zero-order valence-corrected chi connectivity index (χ0v) is 12.6. The molecule has 1 heterocycles. The number of methoxy groups -OCH3 is 1. The summed E-state index contributed by atoms with van der Waals surface area (Å²) in [5.74, 6) is 0.996. The smallest absolute Gasteiger partial charge is 0.170 e. The maximum Gasteiger partial charge on any atom is 0.170 e. The first-order valence-electron chi connectivity index (χ1n) is 7.21. The summed E-state index contributed by atoms with van der Waals surface area (Å²) in [6.07, 6.45) is 1.69. The number of Topliss-reactive ketones (excluding diaryl/α,β-unsaturated/α-hetero) is 1. The number of carbonyl (C=O) groups is 1. The van der Waals surface area contributed by atoms with E-state index in [4.69, 9.17) is 9.72 Å². The summed E-state index contributed by atoms with van der Waals surface area (Å²) < 4.78 is 5.39. The van der Waals surface area contributed by atoms with Crippen molar-refractivity contribution < 1.29 is 9.53 Å². The number of benzene rings is 1. The number of aryl methyl sites for hydroxylation is 1. The molecule has 1 aliphatic carbocycles. The van der Waals surface area contributed by atoms with E-state index in [-0.39, 0.29) is 11.2 Å². The molecule has 1 aromatic heterocycles. The predicted octanol–water partition coefficient (Wildman–Crippen LogP) is 3.91. The highest BCUT2D eigenvalue weighted by Crippen LogP contribution is 2.36. The molecule has 0 spiro atoms. The number of carbonyl (C=O) groups excluding carboxylic acids is 1. The van der Waals surface area contributed by atoms with Gasteiger partial charge < -0.3 is 4.74 Å². The molecule has 0 atom stereocenters. The third kappa shape index (κ3) is 2.33. The number of rotatable bonds is 2. The third-order valence-electron chi connectivity index (χ3n) is 4.20. The topological polar surface area (TPSA) is 39.2 Å². The van der Waals surface area contributed by atoms with Crippen LogP contribution in [0.2, 0.25) is 0 Å². The number of hydrogen-bond acceptors (Lipinski definition) is 3. The molecule has 0 aliphatic heterocycles. The first-order valence-corrected chi connectivity index (χ1v) is 7.21. The summed E-state index contributed by atoms with van der Waals surface area (Å²) >= 11 is 0. The van der Waals surface area contributed by atoms with Crippen LogP contribution in [0.4, 0.5) is 0 Å². The largest absolute Gasteiger partial charge is 0.496 e. The van der Waals surface area contributed by atoms with E-state index in [1.165, 1.54) is 0 Å². The van der Waals surface area contributed by atoms with E-state index in [9.17, 15) is 4.79 Å². The second-order valence-electron chi connectivity index (χ2n) is 6.10. The molecule has 1 aromatic carbocycles. The van der Waals surface area contributed by atoms with Gasteiger partial charge in [-0.3, -0.25) is 9.78 Å². The van der Waals surface area contributed by atoms with Crippen molar-refractivity contribution in [3.05, 3.63) is 47.7 Å². The number of ketones is 1. The van der Waals surface area contributed by atoms with Gasteiger partial charge in [0, 0.05) is 16.5 Å². The fraction of sp³-hybridized carbons (Fsp3) is 0.333. The monoisotopic (exact) mass is 281 g/mol. The van der Waals surface area contributed by atoms with Crippen LogP contribution in [0.5, 0.6) is 5.75 Å². The molecule has 0 unspecified atom stereocenters. The summed E-state index contributed by atoms with van der Waals surface area (Å²) in [5.41, 5.74) is 3.21. The standard InChI is InChI=1S/C18H19NO2/c1-18(2)11-10-15-13(17(18)20)8-9-14(19-15)12-6-4-5-7-16(12)21-3/h4-9H,10-11H2,1-3H3. The second kappa shape index (κ2) is 4.99. The van der Waals surface area contributed by atoms with Gasteiger partial charge in [0.25, 0.3) is 0 Å². The zero-order chi connectivity index (χ0) is 15.0. The number of aromatic nitrogens is 1. The van der Waals surface area contributed by atoms with Gasteiger partial charge in [0.1, 0.15) is 5.75 Å². The molecule has 108 valence electrons. The average Bonchev–Trinajstić information content (AvgIpc) is 2.51. The van der Waals surface area contributed by atoms with Gasteiger partial charge >= 0.3 is 0 Å². The molecular weight excluding hydrogens is 262 g/mol. The number of pyridine rings is 1. The van der Waals surface area contributed by atoms with Crippen molar-refractivity contribution in [3.63, 3.8) is 0 Å². The lowest BCUT2D eigenvalue weighted by atomic mass is 9.75. The van der Waals surface area contributed by atoms with Crippen molar-refractivity contribution in [2.75, 3.05) is 7.11 Å². The molecule has 3 heteroatoms. The number of para-hydroxylation sites is 1. The Morgan fingerprint density at radius 1 is 1.10 bits per heavy atom. The summed E-state index contributed by atoms with van der Waals surface area (Å²) in [7, 11) is 1.66. The normalized spacial score (nSPS) is 16.4. The van der Waals surface area contributed by atoms with Crippen LogP contribution in [0.1, 0.15) is 36.3 Å². The van der Waals surface area contributed by atoms with E-state index in [0.29, 0.717) is 0 Å². The van der Waals surface area contributed by atoms with Crippen LogP contribution in [0.15, 0.2) is 36.4 Å².